The lowest BCUT2D eigenvalue weighted by Gasteiger charge is -2.08. The fourth-order valence-corrected chi connectivity index (χ4v) is 1.71. The predicted octanol–water partition coefficient (Wildman–Crippen LogP) is 0.427. The van der Waals surface area contributed by atoms with E-state index in [2.05, 4.69) is 20.5 Å². The lowest BCUT2D eigenvalue weighted by atomic mass is 10.4. The SMILES string of the molecule is CCc1nc(C(=O)Nc2ccc(=O)n(CCOC)c2)n[nH]1. The first-order valence-electron chi connectivity index (χ1n) is 6.56. The molecule has 2 N–H and O–H groups in total. The molecule has 0 radical (unpaired) electrons. The highest BCUT2D eigenvalue weighted by atomic mass is 16.5. The van der Waals surface area contributed by atoms with Gasteiger partial charge in [-0.25, -0.2) is 4.98 Å². The molecule has 0 saturated carbocycles. The molecule has 2 aromatic rings. The van der Waals surface area contributed by atoms with E-state index in [1.807, 2.05) is 6.92 Å². The number of methoxy groups -OCH3 is 1. The van der Waals surface area contributed by atoms with Gasteiger partial charge in [0.05, 0.1) is 12.3 Å². The first kappa shape index (κ1) is 14.9. The van der Waals surface area contributed by atoms with Crippen molar-refractivity contribution in [3.05, 3.63) is 40.3 Å². The highest BCUT2D eigenvalue weighted by Gasteiger charge is 2.12. The second-order valence-electron chi connectivity index (χ2n) is 4.36. The predicted molar refractivity (Wildman–Crippen MR) is 76.3 cm³/mol. The number of rotatable bonds is 6. The molecule has 0 saturated heterocycles. The van der Waals surface area contributed by atoms with Crippen LogP contribution in [0.4, 0.5) is 5.69 Å². The summed E-state index contributed by atoms with van der Waals surface area (Å²) in [6.07, 6.45) is 2.23. The molecule has 2 rings (SSSR count). The molecule has 0 aliphatic rings. The third-order valence-corrected chi connectivity index (χ3v) is 2.85. The quantitative estimate of drug-likeness (QED) is 0.803. The average molecular weight is 291 g/mol. The normalized spacial score (nSPS) is 10.6. The molecule has 1 amide bonds. The Morgan fingerprint density at radius 1 is 1.48 bits per heavy atom. The molecule has 0 spiro atoms. The number of hydrogen-bond donors (Lipinski definition) is 2. The van der Waals surface area contributed by atoms with Crippen molar-refractivity contribution >= 4 is 11.6 Å². The minimum absolute atomic E-state index is 0.0708. The highest BCUT2D eigenvalue weighted by Crippen LogP contribution is 2.05. The summed E-state index contributed by atoms with van der Waals surface area (Å²) in [5.41, 5.74) is 0.342. The lowest BCUT2D eigenvalue weighted by Crippen LogP contribution is -2.22. The van der Waals surface area contributed by atoms with Crippen LogP contribution in [0.5, 0.6) is 0 Å². The van der Waals surface area contributed by atoms with Crippen molar-refractivity contribution in [2.75, 3.05) is 19.0 Å². The van der Waals surface area contributed by atoms with Crippen LogP contribution >= 0.6 is 0 Å². The van der Waals surface area contributed by atoms with Gasteiger partial charge in [-0.05, 0) is 6.07 Å². The minimum Gasteiger partial charge on any atom is -0.383 e. The Balaban J connectivity index is 2.11. The zero-order valence-electron chi connectivity index (χ0n) is 11.9. The van der Waals surface area contributed by atoms with Gasteiger partial charge in [0.2, 0.25) is 5.82 Å². The molecule has 8 heteroatoms. The molecular weight excluding hydrogens is 274 g/mol. The zero-order chi connectivity index (χ0) is 15.2. The van der Waals surface area contributed by atoms with Gasteiger partial charge in [0.25, 0.3) is 11.5 Å². The number of ether oxygens (including phenoxy) is 1. The number of anilines is 1. The Bertz CT molecular complexity index is 676. The minimum atomic E-state index is -0.428. The zero-order valence-corrected chi connectivity index (χ0v) is 11.9. The summed E-state index contributed by atoms with van der Waals surface area (Å²) in [5.74, 6) is 0.287. The molecule has 0 aliphatic carbocycles. The summed E-state index contributed by atoms with van der Waals surface area (Å²) in [5, 5.41) is 9.17. The van der Waals surface area contributed by atoms with E-state index in [0.717, 1.165) is 0 Å². The van der Waals surface area contributed by atoms with Crippen molar-refractivity contribution in [3.63, 3.8) is 0 Å². The molecule has 21 heavy (non-hydrogen) atoms. The maximum atomic E-state index is 12.0. The number of carbonyl (C=O) groups is 1. The molecule has 2 heterocycles. The molecule has 0 atom stereocenters. The third kappa shape index (κ3) is 3.76. The molecule has 0 fully saturated rings. The van der Waals surface area contributed by atoms with E-state index in [0.29, 0.717) is 31.1 Å². The number of nitrogens with zero attached hydrogens (tertiary/aromatic N) is 3. The van der Waals surface area contributed by atoms with Gasteiger partial charge in [-0.1, -0.05) is 6.92 Å². The van der Waals surface area contributed by atoms with Crippen LogP contribution in [0.15, 0.2) is 23.1 Å². The lowest BCUT2D eigenvalue weighted by molar-refractivity contribution is 0.101. The Morgan fingerprint density at radius 2 is 2.29 bits per heavy atom. The first-order chi connectivity index (χ1) is 10.1. The largest absolute Gasteiger partial charge is 0.383 e. The Morgan fingerprint density at radius 3 is 2.95 bits per heavy atom. The topological polar surface area (TPSA) is 102 Å². The number of amides is 1. The molecule has 112 valence electrons. The van der Waals surface area contributed by atoms with E-state index < -0.39 is 5.91 Å². The van der Waals surface area contributed by atoms with Crippen molar-refractivity contribution < 1.29 is 9.53 Å². The Hall–Kier alpha value is -2.48. The van der Waals surface area contributed by atoms with Gasteiger partial charge >= 0.3 is 0 Å². The van der Waals surface area contributed by atoms with Gasteiger partial charge in [-0.3, -0.25) is 14.7 Å². The fraction of sp³-hybridized carbons (Fsp3) is 0.385. The number of carbonyl (C=O) groups excluding carboxylic acids is 1. The number of nitrogens with one attached hydrogen (secondary N) is 2. The summed E-state index contributed by atoms with van der Waals surface area (Å²) in [6, 6.07) is 2.93. The Kier molecular flexibility index (Phi) is 4.83. The molecule has 0 unspecified atom stereocenters. The van der Waals surface area contributed by atoms with Crippen LogP contribution < -0.4 is 10.9 Å². The molecular formula is C13H17N5O3. The van der Waals surface area contributed by atoms with Crippen LogP contribution in [0, 0.1) is 0 Å². The van der Waals surface area contributed by atoms with E-state index in [-0.39, 0.29) is 11.4 Å². The van der Waals surface area contributed by atoms with E-state index in [9.17, 15) is 9.59 Å². The van der Waals surface area contributed by atoms with Crippen LogP contribution in [0.2, 0.25) is 0 Å². The number of pyridine rings is 1. The maximum absolute atomic E-state index is 12.0. The molecule has 2 aromatic heterocycles. The van der Waals surface area contributed by atoms with Crippen LogP contribution in [0.25, 0.3) is 0 Å². The van der Waals surface area contributed by atoms with Gasteiger partial charge in [-0.2, -0.15) is 0 Å². The van der Waals surface area contributed by atoms with Gasteiger partial charge in [0.1, 0.15) is 5.82 Å². The van der Waals surface area contributed by atoms with Crippen molar-refractivity contribution in [3.8, 4) is 0 Å². The van der Waals surface area contributed by atoms with E-state index in [4.69, 9.17) is 4.74 Å². The number of aryl methyl sites for hydroxylation is 1. The molecule has 0 aromatic carbocycles. The fourth-order valence-electron chi connectivity index (χ4n) is 1.71. The molecule has 0 aliphatic heterocycles. The van der Waals surface area contributed by atoms with Crippen molar-refractivity contribution in [1.82, 2.24) is 19.7 Å². The number of hydrogen-bond acceptors (Lipinski definition) is 5. The smallest absolute Gasteiger partial charge is 0.295 e. The first-order valence-corrected chi connectivity index (χ1v) is 6.56. The Labute approximate surface area is 121 Å². The van der Waals surface area contributed by atoms with E-state index >= 15 is 0 Å². The average Bonchev–Trinajstić information content (AvgIpc) is 2.97. The maximum Gasteiger partial charge on any atom is 0.295 e. The summed E-state index contributed by atoms with van der Waals surface area (Å²) in [4.78, 5) is 27.7. The summed E-state index contributed by atoms with van der Waals surface area (Å²) >= 11 is 0. The van der Waals surface area contributed by atoms with Crippen LogP contribution in [-0.4, -0.2) is 39.4 Å². The van der Waals surface area contributed by atoms with Crippen molar-refractivity contribution in [2.45, 2.75) is 19.9 Å². The van der Waals surface area contributed by atoms with Gasteiger partial charge in [0.15, 0.2) is 0 Å². The van der Waals surface area contributed by atoms with Crippen LogP contribution in [0.3, 0.4) is 0 Å². The summed E-state index contributed by atoms with van der Waals surface area (Å²) < 4.78 is 6.40. The van der Waals surface area contributed by atoms with Crippen LogP contribution in [0.1, 0.15) is 23.4 Å². The monoisotopic (exact) mass is 291 g/mol. The summed E-state index contributed by atoms with van der Waals surface area (Å²) in [6.45, 7) is 2.74. The van der Waals surface area contributed by atoms with E-state index in [1.54, 1.807) is 13.3 Å². The summed E-state index contributed by atoms with van der Waals surface area (Å²) in [7, 11) is 1.56. The highest BCUT2D eigenvalue weighted by molar-refractivity contribution is 6.01. The molecule has 0 bridgehead atoms. The second-order valence-corrected chi connectivity index (χ2v) is 4.36. The van der Waals surface area contributed by atoms with Gasteiger partial charge in [-0.15, -0.1) is 5.10 Å². The van der Waals surface area contributed by atoms with Crippen molar-refractivity contribution in [1.29, 1.82) is 0 Å². The van der Waals surface area contributed by atoms with Gasteiger partial charge < -0.3 is 14.6 Å². The number of H-pyrrole nitrogens is 1. The van der Waals surface area contributed by atoms with E-state index in [1.165, 1.54) is 16.7 Å². The standard InChI is InChI=1S/C13H17N5O3/c1-3-10-15-12(17-16-10)13(20)14-9-4-5-11(19)18(8-9)6-7-21-2/h4-5,8H,3,6-7H2,1-2H3,(H,14,20)(H,15,16,17). The number of aromatic amines is 1. The molecule has 8 nitrogen and oxygen atoms in total. The number of aromatic nitrogens is 4. The second kappa shape index (κ2) is 6.80. The van der Waals surface area contributed by atoms with Crippen LogP contribution in [-0.2, 0) is 17.7 Å². The third-order valence-electron chi connectivity index (χ3n) is 2.85. The van der Waals surface area contributed by atoms with Crippen molar-refractivity contribution in [2.24, 2.45) is 0 Å². The van der Waals surface area contributed by atoms with Gasteiger partial charge in [0, 0.05) is 32.3 Å².